The monoisotopic (exact) mass is 507 g/mol. The number of aliphatic carboxylic acids is 1. The van der Waals surface area contributed by atoms with E-state index in [0.717, 1.165) is 17.5 Å². The second-order valence-electron chi connectivity index (χ2n) is 9.41. The van der Waals surface area contributed by atoms with E-state index < -0.39 is 18.2 Å². The zero-order chi connectivity index (χ0) is 26.4. The molecule has 10 nitrogen and oxygen atoms in total. The molecule has 2 N–H and O–H groups in total. The predicted octanol–water partition coefficient (Wildman–Crippen LogP) is 1.92. The quantitative estimate of drug-likeness (QED) is 0.536. The molecular weight excluding hydrogens is 474 g/mol. The number of hydrogen-bond donors (Lipinski definition) is 2. The number of nitrogens with one attached hydrogen (secondary N) is 1. The Morgan fingerprint density at radius 1 is 1.00 bits per heavy atom. The SMILES string of the molecule is CN1CC(=O)N2[C@@H](CCC(=O)O)C(=O)N(CCCc3ccccc3)C[C@@H]2N1C(=O)NCc1ccccc1. The second-order valence-corrected chi connectivity index (χ2v) is 9.41. The minimum Gasteiger partial charge on any atom is -0.481 e. The summed E-state index contributed by atoms with van der Waals surface area (Å²) in [6, 6.07) is 18.1. The number of urea groups is 1. The molecule has 0 aromatic heterocycles. The van der Waals surface area contributed by atoms with E-state index in [9.17, 15) is 24.3 Å². The number of likely N-dealkylation sites (N-methyl/N-ethyl adjacent to an activating group) is 1. The molecule has 2 aromatic rings. The summed E-state index contributed by atoms with van der Waals surface area (Å²) in [5, 5.41) is 15.2. The number of nitrogens with zero attached hydrogens (tertiary/aromatic N) is 4. The molecule has 0 saturated carbocycles. The lowest BCUT2D eigenvalue weighted by Gasteiger charge is -2.54. The largest absolute Gasteiger partial charge is 0.481 e. The number of benzene rings is 2. The second kappa shape index (κ2) is 11.9. The molecule has 196 valence electrons. The number of piperazine rings is 1. The molecule has 2 heterocycles. The van der Waals surface area contributed by atoms with Gasteiger partial charge in [-0.15, -0.1) is 0 Å². The summed E-state index contributed by atoms with van der Waals surface area (Å²) in [6.07, 6.45) is 0.502. The van der Waals surface area contributed by atoms with Gasteiger partial charge >= 0.3 is 12.0 Å². The van der Waals surface area contributed by atoms with Gasteiger partial charge in [0.1, 0.15) is 12.2 Å². The maximum absolute atomic E-state index is 13.5. The van der Waals surface area contributed by atoms with E-state index in [1.165, 1.54) is 9.91 Å². The fourth-order valence-corrected chi connectivity index (χ4v) is 5.02. The highest BCUT2D eigenvalue weighted by Gasteiger charge is 2.50. The number of carboxylic acid groups (broad SMARTS) is 1. The van der Waals surface area contributed by atoms with Gasteiger partial charge in [0.2, 0.25) is 11.8 Å². The Hall–Kier alpha value is -3.92. The van der Waals surface area contributed by atoms with Crippen LogP contribution >= 0.6 is 0 Å². The molecule has 10 heteroatoms. The van der Waals surface area contributed by atoms with Gasteiger partial charge < -0.3 is 20.2 Å². The van der Waals surface area contributed by atoms with Gasteiger partial charge in [-0.1, -0.05) is 60.7 Å². The van der Waals surface area contributed by atoms with Crippen LogP contribution in [0.4, 0.5) is 4.79 Å². The van der Waals surface area contributed by atoms with Crippen molar-refractivity contribution in [1.29, 1.82) is 0 Å². The van der Waals surface area contributed by atoms with Crippen LogP contribution in [0.3, 0.4) is 0 Å². The molecule has 2 atom stereocenters. The van der Waals surface area contributed by atoms with Crippen LogP contribution in [0, 0.1) is 0 Å². The normalized spacial score (nSPS) is 20.1. The van der Waals surface area contributed by atoms with Crippen LogP contribution in [0.25, 0.3) is 0 Å². The molecule has 2 fully saturated rings. The van der Waals surface area contributed by atoms with Crippen molar-refractivity contribution in [3.8, 4) is 0 Å². The highest BCUT2D eigenvalue weighted by Crippen LogP contribution is 2.28. The number of hydrogen-bond acceptors (Lipinski definition) is 5. The summed E-state index contributed by atoms with van der Waals surface area (Å²) in [7, 11) is 1.67. The van der Waals surface area contributed by atoms with Crippen LogP contribution in [-0.4, -0.2) is 87.6 Å². The average Bonchev–Trinajstić information content (AvgIpc) is 2.88. The van der Waals surface area contributed by atoms with Crippen LogP contribution in [0.15, 0.2) is 60.7 Å². The Morgan fingerprint density at radius 2 is 1.65 bits per heavy atom. The highest BCUT2D eigenvalue weighted by atomic mass is 16.4. The predicted molar refractivity (Wildman–Crippen MR) is 136 cm³/mol. The number of hydrazine groups is 1. The lowest BCUT2D eigenvalue weighted by Crippen LogP contribution is -2.76. The van der Waals surface area contributed by atoms with Gasteiger partial charge in [0.15, 0.2) is 0 Å². The number of amides is 4. The Bertz CT molecular complexity index is 1110. The molecule has 0 unspecified atom stereocenters. The van der Waals surface area contributed by atoms with Crippen molar-refractivity contribution in [2.24, 2.45) is 0 Å². The van der Waals surface area contributed by atoms with E-state index in [4.69, 9.17) is 0 Å². The first-order valence-electron chi connectivity index (χ1n) is 12.5. The average molecular weight is 508 g/mol. The van der Waals surface area contributed by atoms with Crippen LogP contribution in [-0.2, 0) is 27.3 Å². The maximum Gasteiger partial charge on any atom is 0.334 e. The van der Waals surface area contributed by atoms with Crippen LogP contribution in [0.5, 0.6) is 0 Å². The lowest BCUT2D eigenvalue weighted by atomic mass is 10.0. The zero-order valence-electron chi connectivity index (χ0n) is 21.0. The molecule has 2 aliphatic rings. The number of carbonyl (C=O) groups is 4. The van der Waals surface area contributed by atoms with Crippen molar-refractivity contribution in [2.75, 3.05) is 26.7 Å². The minimum absolute atomic E-state index is 0.00518. The topological polar surface area (TPSA) is 114 Å². The van der Waals surface area contributed by atoms with Crippen LogP contribution < -0.4 is 5.32 Å². The first-order valence-corrected chi connectivity index (χ1v) is 12.5. The summed E-state index contributed by atoms with van der Waals surface area (Å²) in [4.78, 5) is 54.3. The third-order valence-corrected chi connectivity index (χ3v) is 6.80. The van der Waals surface area contributed by atoms with Crippen molar-refractivity contribution in [3.05, 3.63) is 71.8 Å². The molecule has 4 amide bonds. The Balaban J connectivity index is 1.53. The molecular formula is C27H33N5O5. The number of rotatable bonds is 9. The van der Waals surface area contributed by atoms with Crippen molar-refractivity contribution in [1.82, 2.24) is 25.1 Å². The van der Waals surface area contributed by atoms with Crippen molar-refractivity contribution >= 4 is 23.8 Å². The molecule has 4 rings (SSSR count). The molecule has 2 aliphatic heterocycles. The Morgan fingerprint density at radius 3 is 2.30 bits per heavy atom. The van der Waals surface area contributed by atoms with E-state index >= 15 is 0 Å². The van der Waals surface area contributed by atoms with Crippen molar-refractivity contribution in [2.45, 2.75) is 44.4 Å². The third kappa shape index (κ3) is 6.26. The number of carboxylic acids is 1. The first-order chi connectivity index (χ1) is 17.8. The van der Waals surface area contributed by atoms with Gasteiger partial charge in [-0.2, -0.15) is 0 Å². The van der Waals surface area contributed by atoms with E-state index in [0.29, 0.717) is 19.5 Å². The van der Waals surface area contributed by atoms with Gasteiger partial charge in [0.05, 0.1) is 13.1 Å². The van der Waals surface area contributed by atoms with Gasteiger partial charge in [-0.05, 0) is 30.4 Å². The zero-order valence-corrected chi connectivity index (χ0v) is 21.0. The molecule has 2 saturated heterocycles. The van der Waals surface area contributed by atoms with Crippen LogP contribution in [0.1, 0.15) is 30.4 Å². The fourth-order valence-electron chi connectivity index (χ4n) is 5.02. The van der Waals surface area contributed by atoms with Gasteiger partial charge in [-0.25, -0.2) is 14.8 Å². The van der Waals surface area contributed by atoms with E-state index in [2.05, 4.69) is 5.32 Å². The molecule has 37 heavy (non-hydrogen) atoms. The summed E-state index contributed by atoms with van der Waals surface area (Å²) in [5.41, 5.74) is 2.09. The van der Waals surface area contributed by atoms with Gasteiger partial charge in [0.25, 0.3) is 0 Å². The lowest BCUT2D eigenvalue weighted by molar-refractivity contribution is -0.187. The van der Waals surface area contributed by atoms with Gasteiger partial charge in [0, 0.05) is 26.6 Å². The van der Waals surface area contributed by atoms with Crippen molar-refractivity contribution < 1.29 is 24.3 Å². The van der Waals surface area contributed by atoms with E-state index in [-0.39, 0.29) is 43.8 Å². The summed E-state index contributed by atoms with van der Waals surface area (Å²) < 4.78 is 0. The molecule has 0 aliphatic carbocycles. The summed E-state index contributed by atoms with van der Waals surface area (Å²) >= 11 is 0. The molecule has 2 aromatic carbocycles. The van der Waals surface area contributed by atoms with Gasteiger partial charge in [-0.3, -0.25) is 14.4 Å². The highest BCUT2D eigenvalue weighted by molar-refractivity contribution is 5.91. The number of carbonyl (C=O) groups excluding carboxylic acids is 3. The van der Waals surface area contributed by atoms with E-state index in [1.54, 1.807) is 17.0 Å². The number of aryl methyl sites for hydroxylation is 1. The first kappa shape index (κ1) is 26.2. The smallest absolute Gasteiger partial charge is 0.334 e. The fraction of sp³-hybridized carbons (Fsp3) is 0.407. The molecule has 0 bridgehead atoms. The summed E-state index contributed by atoms with van der Waals surface area (Å²) in [6.45, 7) is 0.831. The third-order valence-electron chi connectivity index (χ3n) is 6.80. The summed E-state index contributed by atoms with van der Waals surface area (Å²) in [5.74, 6) is -1.61. The number of fused-ring (bicyclic) bond motifs is 1. The molecule has 0 radical (unpaired) electrons. The van der Waals surface area contributed by atoms with Crippen LogP contribution in [0.2, 0.25) is 0 Å². The Kier molecular flexibility index (Phi) is 8.39. The Labute approximate surface area is 216 Å². The molecule has 0 spiro atoms. The van der Waals surface area contributed by atoms with E-state index in [1.807, 2.05) is 60.7 Å². The maximum atomic E-state index is 13.5. The van der Waals surface area contributed by atoms with Crippen molar-refractivity contribution in [3.63, 3.8) is 0 Å². The standard InChI is InChI=1S/C27H33N5O5/c1-29-19-24(33)31-22(14-15-25(34)35)26(36)30(16-8-13-20-9-4-2-5-10-20)18-23(31)32(29)27(37)28-17-21-11-6-3-7-12-21/h2-7,9-12,22-23H,8,13-19H2,1H3,(H,28,37)(H,34,35)/t22-,23-/m0/s1. The minimum atomic E-state index is -1.04.